The molecule has 0 spiro atoms. The Hall–Kier alpha value is -2.18. The van der Waals surface area contributed by atoms with E-state index in [1.807, 2.05) is 43.3 Å². The van der Waals surface area contributed by atoms with E-state index in [0.717, 1.165) is 11.3 Å². The predicted octanol–water partition coefficient (Wildman–Crippen LogP) is 2.15. The van der Waals surface area contributed by atoms with Crippen LogP contribution in [-0.2, 0) is 10.0 Å². The molecule has 0 bridgehead atoms. The van der Waals surface area contributed by atoms with E-state index in [2.05, 4.69) is 4.99 Å². The van der Waals surface area contributed by atoms with Crippen molar-refractivity contribution in [1.82, 2.24) is 0 Å². The van der Waals surface area contributed by atoms with Crippen LogP contribution in [-0.4, -0.2) is 28.7 Å². The fraction of sp³-hybridized carbons (Fsp3) is 0.133. The van der Waals surface area contributed by atoms with Gasteiger partial charge in [-0.1, -0.05) is 12.1 Å². The summed E-state index contributed by atoms with van der Waals surface area (Å²) >= 11 is 0. The molecule has 110 valence electrons. The second kappa shape index (κ2) is 6.07. The maximum absolute atomic E-state index is 11.1. The normalized spacial score (nSPS) is 11.8. The van der Waals surface area contributed by atoms with E-state index in [9.17, 15) is 8.42 Å². The number of nitrogens with zero attached hydrogens (tertiary/aromatic N) is 2. The van der Waals surface area contributed by atoms with Crippen LogP contribution in [0.25, 0.3) is 0 Å². The largest absolute Gasteiger partial charge is 0.378 e. The van der Waals surface area contributed by atoms with Crippen LogP contribution < -0.4 is 10.0 Å². The molecule has 0 aliphatic heterocycles. The van der Waals surface area contributed by atoms with Crippen molar-refractivity contribution in [1.29, 1.82) is 0 Å². The van der Waals surface area contributed by atoms with Crippen molar-refractivity contribution in [2.45, 2.75) is 4.90 Å². The Bertz CT molecular complexity index is 733. The molecule has 0 amide bonds. The highest BCUT2D eigenvalue weighted by molar-refractivity contribution is 7.89. The van der Waals surface area contributed by atoms with Crippen molar-refractivity contribution >= 4 is 27.6 Å². The molecule has 0 aliphatic carbocycles. The fourth-order valence-corrected chi connectivity index (χ4v) is 2.24. The minimum absolute atomic E-state index is 0.0804. The van der Waals surface area contributed by atoms with Gasteiger partial charge in [0.25, 0.3) is 0 Å². The summed E-state index contributed by atoms with van der Waals surface area (Å²) in [6.07, 6.45) is 1.73. The van der Waals surface area contributed by atoms with Gasteiger partial charge in [0.15, 0.2) is 0 Å². The van der Waals surface area contributed by atoms with Crippen LogP contribution in [0.15, 0.2) is 58.4 Å². The highest BCUT2D eigenvalue weighted by Gasteiger charge is 2.05. The monoisotopic (exact) mass is 303 g/mol. The van der Waals surface area contributed by atoms with Crippen molar-refractivity contribution < 1.29 is 8.42 Å². The molecule has 2 rings (SSSR count). The SMILES string of the molecule is CN(C)c1ccc(C=Nc2ccc(S(N)(=O)=O)cc2)cc1. The lowest BCUT2D eigenvalue weighted by Crippen LogP contribution is -2.11. The van der Waals surface area contributed by atoms with E-state index in [-0.39, 0.29) is 4.90 Å². The van der Waals surface area contributed by atoms with E-state index >= 15 is 0 Å². The third kappa shape index (κ3) is 4.14. The van der Waals surface area contributed by atoms with Crippen molar-refractivity contribution in [3.63, 3.8) is 0 Å². The second-order valence-electron chi connectivity index (χ2n) is 4.78. The molecule has 0 fully saturated rings. The number of rotatable bonds is 4. The summed E-state index contributed by atoms with van der Waals surface area (Å²) < 4.78 is 22.3. The molecule has 2 aromatic carbocycles. The highest BCUT2D eigenvalue weighted by atomic mass is 32.2. The Morgan fingerprint density at radius 1 is 1.00 bits per heavy atom. The lowest BCUT2D eigenvalue weighted by atomic mass is 10.2. The maximum Gasteiger partial charge on any atom is 0.238 e. The second-order valence-corrected chi connectivity index (χ2v) is 6.34. The van der Waals surface area contributed by atoms with Gasteiger partial charge in [-0.2, -0.15) is 0 Å². The average molecular weight is 303 g/mol. The van der Waals surface area contributed by atoms with E-state index in [0.29, 0.717) is 5.69 Å². The molecule has 2 N–H and O–H groups in total. The molecule has 0 aliphatic rings. The van der Waals surface area contributed by atoms with Crippen molar-refractivity contribution in [2.75, 3.05) is 19.0 Å². The first kappa shape index (κ1) is 15.2. The first-order valence-electron chi connectivity index (χ1n) is 6.30. The summed E-state index contributed by atoms with van der Waals surface area (Å²) in [5.74, 6) is 0. The van der Waals surface area contributed by atoms with Crippen molar-refractivity contribution in [2.24, 2.45) is 10.1 Å². The molecular formula is C15H17N3O2S. The third-order valence-corrected chi connectivity index (χ3v) is 3.87. The molecule has 0 radical (unpaired) electrons. The summed E-state index contributed by atoms with van der Waals surface area (Å²) in [6, 6.07) is 14.1. The van der Waals surface area contributed by atoms with Crippen LogP contribution in [0.1, 0.15) is 5.56 Å². The molecule has 2 aromatic rings. The Balaban J connectivity index is 2.14. The number of primary sulfonamides is 1. The van der Waals surface area contributed by atoms with Gasteiger partial charge in [0.1, 0.15) is 0 Å². The Kier molecular flexibility index (Phi) is 4.40. The lowest BCUT2D eigenvalue weighted by Gasteiger charge is -2.11. The Labute approximate surface area is 124 Å². The summed E-state index contributed by atoms with van der Waals surface area (Å²) in [5, 5.41) is 5.04. The molecule has 5 nitrogen and oxygen atoms in total. The van der Waals surface area contributed by atoms with Gasteiger partial charge in [0.05, 0.1) is 10.6 Å². The van der Waals surface area contributed by atoms with Gasteiger partial charge in [-0.15, -0.1) is 0 Å². The minimum atomic E-state index is -3.66. The predicted molar refractivity (Wildman–Crippen MR) is 85.8 cm³/mol. The smallest absolute Gasteiger partial charge is 0.238 e. The van der Waals surface area contributed by atoms with Gasteiger partial charge in [0.2, 0.25) is 10.0 Å². The van der Waals surface area contributed by atoms with Gasteiger partial charge < -0.3 is 4.90 Å². The summed E-state index contributed by atoms with van der Waals surface area (Å²) in [6.45, 7) is 0. The van der Waals surface area contributed by atoms with Gasteiger partial charge in [0, 0.05) is 26.0 Å². The zero-order valence-electron chi connectivity index (χ0n) is 11.9. The quantitative estimate of drug-likeness (QED) is 0.879. The van der Waals surface area contributed by atoms with Crippen LogP contribution in [0.5, 0.6) is 0 Å². The Morgan fingerprint density at radius 3 is 2.05 bits per heavy atom. The molecule has 0 saturated carbocycles. The molecular weight excluding hydrogens is 286 g/mol. The number of nitrogens with two attached hydrogens (primary N) is 1. The highest BCUT2D eigenvalue weighted by Crippen LogP contribution is 2.16. The van der Waals surface area contributed by atoms with E-state index in [1.54, 1.807) is 18.3 Å². The first-order chi connectivity index (χ1) is 9.86. The lowest BCUT2D eigenvalue weighted by molar-refractivity contribution is 0.598. The van der Waals surface area contributed by atoms with Gasteiger partial charge in [-0.25, -0.2) is 13.6 Å². The van der Waals surface area contributed by atoms with Crippen LogP contribution in [0, 0.1) is 0 Å². The molecule has 21 heavy (non-hydrogen) atoms. The van der Waals surface area contributed by atoms with Crippen LogP contribution >= 0.6 is 0 Å². The number of benzene rings is 2. The summed E-state index contributed by atoms with van der Waals surface area (Å²) in [7, 11) is 0.308. The summed E-state index contributed by atoms with van der Waals surface area (Å²) in [5.41, 5.74) is 2.75. The third-order valence-electron chi connectivity index (χ3n) is 2.94. The Morgan fingerprint density at radius 2 is 1.57 bits per heavy atom. The maximum atomic E-state index is 11.1. The number of hydrogen-bond donors (Lipinski definition) is 1. The number of anilines is 1. The number of sulfonamides is 1. The zero-order valence-corrected chi connectivity index (χ0v) is 12.7. The van der Waals surface area contributed by atoms with Gasteiger partial charge in [-0.05, 0) is 42.0 Å². The fourth-order valence-electron chi connectivity index (χ4n) is 1.73. The summed E-state index contributed by atoms with van der Waals surface area (Å²) in [4.78, 5) is 6.40. The number of aliphatic imine (C=N–C) groups is 1. The van der Waals surface area contributed by atoms with Crippen LogP contribution in [0.3, 0.4) is 0 Å². The van der Waals surface area contributed by atoms with E-state index in [4.69, 9.17) is 5.14 Å². The van der Waals surface area contributed by atoms with Crippen LogP contribution in [0.4, 0.5) is 11.4 Å². The van der Waals surface area contributed by atoms with Crippen molar-refractivity contribution in [3.8, 4) is 0 Å². The number of hydrogen-bond acceptors (Lipinski definition) is 4. The minimum Gasteiger partial charge on any atom is -0.378 e. The topological polar surface area (TPSA) is 75.8 Å². The standard InChI is InChI=1S/C15H17N3O2S/c1-18(2)14-7-3-12(4-8-14)11-17-13-5-9-15(10-6-13)21(16,19)20/h3-11H,1-2H3,(H2,16,19,20). The molecule has 0 saturated heterocycles. The first-order valence-corrected chi connectivity index (χ1v) is 7.85. The van der Waals surface area contributed by atoms with Crippen molar-refractivity contribution in [3.05, 3.63) is 54.1 Å². The van der Waals surface area contributed by atoms with Crippen LogP contribution in [0.2, 0.25) is 0 Å². The van der Waals surface area contributed by atoms with E-state index in [1.165, 1.54) is 12.1 Å². The van der Waals surface area contributed by atoms with E-state index < -0.39 is 10.0 Å². The van der Waals surface area contributed by atoms with Gasteiger partial charge in [-0.3, -0.25) is 4.99 Å². The molecule has 0 atom stereocenters. The molecule has 0 heterocycles. The molecule has 6 heteroatoms. The molecule has 0 unspecified atom stereocenters. The zero-order chi connectivity index (χ0) is 15.5. The average Bonchev–Trinajstić information content (AvgIpc) is 2.45. The molecule has 0 aromatic heterocycles. The van der Waals surface area contributed by atoms with Gasteiger partial charge >= 0.3 is 0 Å².